The number of aromatic nitrogens is 5. The first-order valence-electron chi connectivity index (χ1n) is 13.0. The predicted octanol–water partition coefficient (Wildman–Crippen LogP) is 4.27. The molecule has 9 nitrogen and oxygen atoms in total. The highest BCUT2D eigenvalue weighted by atomic mass is 32.1. The molecule has 0 fully saturated rings. The van der Waals surface area contributed by atoms with E-state index in [0.29, 0.717) is 20.9 Å². The van der Waals surface area contributed by atoms with Gasteiger partial charge in [0.1, 0.15) is 11.5 Å². The van der Waals surface area contributed by atoms with Crippen molar-refractivity contribution in [3.63, 3.8) is 0 Å². The Bertz CT molecular complexity index is 1910. The fourth-order valence-corrected chi connectivity index (χ4v) is 5.75. The molecule has 4 aromatic rings. The number of carbonyl (C=O) groups is 1. The van der Waals surface area contributed by atoms with Gasteiger partial charge in [-0.25, -0.2) is 9.07 Å². The van der Waals surface area contributed by atoms with Crippen LogP contribution in [0.25, 0.3) is 5.57 Å². The maximum Gasteiger partial charge on any atom is 0.323 e. The van der Waals surface area contributed by atoms with Gasteiger partial charge in [-0.3, -0.25) is 9.78 Å². The number of halogens is 3. The van der Waals surface area contributed by atoms with Crippen LogP contribution in [0, 0.1) is 23.2 Å². The lowest BCUT2D eigenvalue weighted by atomic mass is 9.76. The fourth-order valence-electron chi connectivity index (χ4n) is 4.98. The van der Waals surface area contributed by atoms with E-state index in [1.54, 1.807) is 30.3 Å². The second kappa shape index (κ2) is 10.9. The van der Waals surface area contributed by atoms with Crippen LogP contribution >= 0.6 is 11.3 Å². The number of nitrogens with zero attached hydrogens (tertiary/aromatic N) is 6. The molecule has 1 aliphatic carbocycles. The molecule has 6 rings (SSSR count). The molecule has 13 heteroatoms. The SMILES string of the molecule is N#Cc1cccc(CNC(=O)c2ccc(C#Cc3ccc(C(F)(F)C4(O)Cn5nnnc5C5=C4CCC(F)=C5)nc3)s2)c1. The van der Waals surface area contributed by atoms with Crippen molar-refractivity contribution in [2.24, 2.45) is 0 Å². The smallest absolute Gasteiger partial charge is 0.323 e. The van der Waals surface area contributed by atoms with E-state index in [2.05, 4.69) is 43.7 Å². The Balaban J connectivity index is 1.17. The summed E-state index contributed by atoms with van der Waals surface area (Å²) >= 11 is 1.17. The lowest BCUT2D eigenvalue weighted by Crippen LogP contribution is -2.53. The second-order valence-electron chi connectivity index (χ2n) is 9.92. The van der Waals surface area contributed by atoms with Crippen LogP contribution in [0.1, 0.15) is 55.6 Å². The molecule has 1 aromatic carbocycles. The summed E-state index contributed by atoms with van der Waals surface area (Å²) < 4.78 is 47.0. The number of thiophene rings is 1. The maximum absolute atomic E-state index is 15.9. The predicted molar refractivity (Wildman–Crippen MR) is 149 cm³/mol. The molecular formula is C30H20F3N7O2S. The van der Waals surface area contributed by atoms with Crippen LogP contribution < -0.4 is 5.32 Å². The van der Waals surface area contributed by atoms with Gasteiger partial charge >= 0.3 is 5.92 Å². The van der Waals surface area contributed by atoms with E-state index in [-0.39, 0.29) is 42.3 Å². The van der Waals surface area contributed by atoms with E-state index in [1.165, 1.54) is 23.6 Å². The number of tetrazole rings is 1. The molecule has 0 saturated carbocycles. The number of pyridine rings is 1. The monoisotopic (exact) mass is 599 g/mol. The molecule has 0 radical (unpaired) electrons. The van der Waals surface area contributed by atoms with Crippen LogP contribution in [0.3, 0.4) is 0 Å². The molecule has 3 aromatic heterocycles. The highest BCUT2D eigenvalue weighted by molar-refractivity contribution is 7.14. The number of benzene rings is 1. The molecule has 1 unspecified atom stereocenters. The van der Waals surface area contributed by atoms with Crippen molar-refractivity contribution in [2.75, 3.05) is 0 Å². The van der Waals surface area contributed by atoms with E-state index in [4.69, 9.17) is 5.26 Å². The molecule has 0 spiro atoms. The number of fused-ring (bicyclic) bond motifs is 2. The van der Waals surface area contributed by atoms with Crippen molar-refractivity contribution in [1.82, 2.24) is 30.5 Å². The molecule has 4 heterocycles. The zero-order valence-electron chi connectivity index (χ0n) is 22.2. The molecule has 0 saturated heterocycles. The van der Waals surface area contributed by atoms with Gasteiger partial charge in [0.15, 0.2) is 11.4 Å². The number of alkyl halides is 2. The van der Waals surface area contributed by atoms with Crippen molar-refractivity contribution >= 4 is 22.8 Å². The van der Waals surface area contributed by atoms with Crippen LogP contribution in [0.4, 0.5) is 13.2 Å². The maximum atomic E-state index is 15.9. The zero-order valence-corrected chi connectivity index (χ0v) is 23.0. The summed E-state index contributed by atoms with van der Waals surface area (Å²) in [6.45, 7) is -0.367. The Morgan fingerprint density at radius 3 is 2.81 bits per heavy atom. The van der Waals surface area contributed by atoms with Gasteiger partial charge < -0.3 is 10.4 Å². The highest BCUT2D eigenvalue weighted by Gasteiger charge is 2.60. The van der Waals surface area contributed by atoms with Crippen molar-refractivity contribution in [3.05, 3.63) is 110 Å². The minimum absolute atomic E-state index is 0.0416. The molecule has 2 aliphatic rings. The lowest BCUT2D eigenvalue weighted by Gasteiger charge is -2.41. The number of hydrogen-bond acceptors (Lipinski definition) is 8. The van der Waals surface area contributed by atoms with Gasteiger partial charge in [-0.15, -0.1) is 16.4 Å². The van der Waals surface area contributed by atoms with Crippen molar-refractivity contribution in [2.45, 2.75) is 37.5 Å². The van der Waals surface area contributed by atoms with Crippen molar-refractivity contribution in [1.29, 1.82) is 5.26 Å². The molecule has 2 N–H and O–H groups in total. The molecule has 1 atom stereocenters. The third-order valence-corrected chi connectivity index (χ3v) is 8.16. The first-order valence-corrected chi connectivity index (χ1v) is 13.8. The Morgan fingerprint density at radius 2 is 2.02 bits per heavy atom. The fraction of sp³-hybridized carbons (Fsp3) is 0.200. The first-order chi connectivity index (χ1) is 20.7. The summed E-state index contributed by atoms with van der Waals surface area (Å²) in [4.78, 5) is 17.5. The van der Waals surface area contributed by atoms with Crippen LogP contribution in [-0.2, 0) is 19.0 Å². The number of amides is 1. The Kier molecular flexibility index (Phi) is 7.13. The molecule has 0 bridgehead atoms. The van der Waals surface area contributed by atoms with Gasteiger partial charge in [-0.1, -0.05) is 24.0 Å². The Labute approximate surface area is 247 Å². The first kappa shape index (κ1) is 28.0. The molecule has 43 heavy (non-hydrogen) atoms. The normalized spacial score (nSPS) is 17.6. The number of nitrogens with one attached hydrogen (secondary N) is 1. The van der Waals surface area contributed by atoms with Crippen molar-refractivity contribution < 1.29 is 23.1 Å². The number of carbonyl (C=O) groups excluding carboxylic acids is 1. The summed E-state index contributed by atoms with van der Waals surface area (Å²) in [6.07, 6.45) is 2.03. The van der Waals surface area contributed by atoms with E-state index < -0.39 is 29.6 Å². The molecule has 1 amide bonds. The summed E-state index contributed by atoms with van der Waals surface area (Å²) in [5, 5.41) is 34.2. The van der Waals surface area contributed by atoms with Gasteiger partial charge in [-0.2, -0.15) is 14.0 Å². The molecule has 214 valence electrons. The minimum atomic E-state index is -3.86. The van der Waals surface area contributed by atoms with Gasteiger partial charge in [0.05, 0.1) is 27.9 Å². The average Bonchev–Trinajstić information content (AvgIpc) is 3.69. The summed E-state index contributed by atoms with van der Waals surface area (Å²) in [5.41, 5.74) is -1.77. The quantitative estimate of drug-likeness (QED) is 0.328. The van der Waals surface area contributed by atoms with Gasteiger partial charge in [0.25, 0.3) is 5.91 Å². The Hall–Kier alpha value is -5.11. The number of rotatable bonds is 5. The Morgan fingerprint density at radius 1 is 1.16 bits per heavy atom. The van der Waals surface area contributed by atoms with E-state index in [0.717, 1.165) is 22.4 Å². The number of nitriles is 1. The van der Waals surface area contributed by atoms with Crippen LogP contribution in [0.15, 0.2) is 72.2 Å². The molecule has 1 aliphatic heterocycles. The second-order valence-corrected chi connectivity index (χ2v) is 11.0. The number of aliphatic hydroxyl groups is 1. The molecular weight excluding hydrogens is 579 g/mol. The third-order valence-electron chi connectivity index (χ3n) is 7.16. The minimum Gasteiger partial charge on any atom is -0.377 e. The average molecular weight is 600 g/mol. The van der Waals surface area contributed by atoms with E-state index in [1.807, 2.05) is 6.07 Å². The topological polar surface area (TPSA) is 130 Å². The standard InChI is InChI=1S/C30H20F3N7O2S/c31-21-6-9-24-23(13-21)27-37-38-39-40(27)17-29(24,42)30(32,33)26-11-5-18(15-35-26)4-7-22-8-10-25(43-22)28(41)36-16-20-3-1-2-19(12-20)14-34/h1-3,5,8,10-13,15,42H,6,9,16-17H2,(H,36,41). The number of hydrogen-bond donors (Lipinski definition) is 2. The summed E-state index contributed by atoms with van der Waals surface area (Å²) in [5.74, 6) is 1.20. The van der Waals surface area contributed by atoms with Gasteiger partial charge in [-0.05, 0) is 70.5 Å². The van der Waals surface area contributed by atoms with Crippen LogP contribution in [0.5, 0.6) is 0 Å². The zero-order chi connectivity index (χ0) is 30.2. The lowest BCUT2D eigenvalue weighted by molar-refractivity contribution is -0.180. The van der Waals surface area contributed by atoms with Crippen molar-refractivity contribution in [3.8, 4) is 17.9 Å². The number of allylic oxidation sites excluding steroid dienone is 3. The van der Waals surface area contributed by atoms with E-state index >= 15 is 8.78 Å². The van der Waals surface area contributed by atoms with Gasteiger partial charge in [0.2, 0.25) is 0 Å². The summed E-state index contributed by atoms with van der Waals surface area (Å²) in [6, 6.07) is 14.8. The third kappa shape index (κ3) is 5.20. The van der Waals surface area contributed by atoms with E-state index in [9.17, 15) is 14.3 Å². The van der Waals surface area contributed by atoms with Crippen LogP contribution in [0.2, 0.25) is 0 Å². The van der Waals surface area contributed by atoms with Gasteiger partial charge in [0, 0.05) is 30.3 Å². The highest BCUT2D eigenvalue weighted by Crippen LogP contribution is 2.50. The van der Waals surface area contributed by atoms with Crippen LogP contribution in [-0.4, -0.2) is 41.8 Å². The summed E-state index contributed by atoms with van der Waals surface area (Å²) in [7, 11) is 0. The largest absolute Gasteiger partial charge is 0.377 e.